The molecule has 10 nitrogen and oxygen atoms in total. The lowest BCUT2D eigenvalue weighted by atomic mass is 10.0. The zero-order valence-corrected chi connectivity index (χ0v) is 18.0. The van der Waals surface area contributed by atoms with Crippen LogP contribution in [0, 0.1) is 0 Å². The van der Waals surface area contributed by atoms with Gasteiger partial charge in [0.2, 0.25) is 11.7 Å². The normalized spacial score (nSPS) is 17.7. The van der Waals surface area contributed by atoms with Crippen LogP contribution in [0.2, 0.25) is 0 Å². The summed E-state index contributed by atoms with van der Waals surface area (Å²) in [6.07, 6.45) is 5.76. The molecule has 3 heterocycles. The number of amides is 3. The summed E-state index contributed by atoms with van der Waals surface area (Å²) in [5.41, 5.74) is 3.75. The molecule has 10 heteroatoms. The standard InChI is InChI=1S/C22H25N7O3/c1-3-19-26-20(27-32-19)14-4-6-17-13(8-14)5-7-18(17)25-21(30)15-9-24-29(10-15)16-11-28(12-16)22(31)23-2/h4,6,8-10,16,18H,3,5,7,11-12H2,1-2H3,(H,23,31)(H,25,30)/t18-/m1/s1. The maximum Gasteiger partial charge on any atom is 0.317 e. The molecule has 2 aromatic heterocycles. The number of likely N-dealkylation sites (tertiary alicyclic amines) is 1. The Balaban J connectivity index is 1.23. The predicted molar refractivity (Wildman–Crippen MR) is 115 cm³/mol. The lowest BCUT2D eigenvalue weighted by Gasteiger charge is -2.38. The molecule has 1 atom stereocenters. The van der Waals surface area contributed by atoms with E-state index in [4.69, 9.17) is 4.52 Å². The highest BCUT2D eigenvalue weighted by molar-refractivity contribution is 5.94. The van der Waals surface area contributed by atoms with Crippen molar-refractivity contribution in [3.8, 4) is 11.4 Å². The highest BCUT2D eigenvalue weighted by Gasteiger charge is 2.32. The highest BCUT2D eigenvalue weighted by atomic mass is 16.5. The number of hydrogen-bond donors (Lipinski definition) is 2. The fourth-order valence-electron chi connectivity index (χ4n) is 4.27. The molecule has 0 bridgehead atoms. The van der Waals surface area contributed by atoms with Crippen molar-refractivity contribution in [1.29, 1.82) is 0 Å². The topological polar surface area (TPSA) is 118 Å². The van der Waals surface area contributed by atoms with Crippen LogP contribution in [0.25, 0.3) is 11.4 Å². The Hall–Kier alpha value is -3.69. The average Bonchev–Trinajstić information content (AvgIpc) is 3.52. The molecule has 0 unspecified atom stereocenters. The lowest BCUT2D eigenvalue weighted by Crippen LogP contribution is -2.53. The molecule has 0 saturated carbocycles. The van der Waals surface area contributed by atoms with Gasteiger partial charge in [0.1, 0.15) is 0 Å². The SMILES string of the molecule is CCc1nc(-c2ccc3c(c2)CC[C@H]3NC(=O)c2cnn(C3CN(C(=O)NC)C3)c2)no1. The number of benzene rings is 1. The van der Waals surface area contributed by atoms with E-state index in [0.29, 0.717) is 36.8 Å². The Morgan fingerprint density at radius 1 is 1.28 bits per heavy atom. The van der Waals surface area contributed by atoms with Crippen LogP contribution in [0.5, 0.6) is 0 Å². The van der Waals surface area contributed by atoms with E-state index in [9.17, 15) is 9.59 Å². The zero-order chi connectivity index (χ0) is 22.2. The number of nitrogens with one attached hydrogen (secondary N) is 2. The molecule has 0 radical (unpaired) electrons. The molecule has 2 aliphatic rings. The molecule has 5 rings (SSSR count). The molecule has 2 N–H and O–H groups in total. The van der Waals surface area contributed by atoms with Crippen molar-refractivity contribution in [3.05, 3.63) is 53.2 Å². The monoisotopic (exact) mass is 435 g/mol. The van der Waals surface area contributed by atoms with Gasteiger partial charge in [0, 0.05) is 38.3 Å². The molecule has 1 aliphatic heterocycles. The fourth-order valence-corrected chi connectivity index (χ4v) is 4.27. The first-order chi connectivity index (χ1) is 15.6. The third-order valence-electron chi connectivity index (χ3n) is 6.16. The van der Waals surface area contributed by atoms with Crippen molar-refractivity contribution in [2.75, 3.05) is 20.1 Å². The maximum absolute atomic E-state index is 12.8. The Bertz CT molecular complexity index is 1160. The quantitative estimate of drug-likeness (QED) is 0.634. The van der Waals surface area contributed by atoms with Crippen molar-refractivity contribution < 1.29 is 14.1 Å². The van der Waals surface area contributed by atoms with Gasteiger partial charge in [-0.15, -0.1) is 0 Å². The molecular formula is C22H25N7O3. The molecule has 1 aliphatic carbocycles. The van der Waals surface area contributed by atoms with Crippen molar-refractivity contribution in [2.45, 2.75) is 38.3 Å². The molecule has 0 spiro atoms. The van der Waals surface area contributed by atoms with Gasteiger partial charge in [-0.1, -0.05) is 24.2 Å². The number of carbonyl (C=O) groups is 2. The number of urea groups is 1. The van der Waals surface area contributed by atoms with Gasteiger partial charge >= 0.3 is 6.03 Å². The second-order valence-corrected chi connectivity index (χ2v) is 8.17. The van der Waals surface area contributed by atoms with Crippen LogP contribution >= 0.6 is 0 Å². The van der Waals surface area contributed by atoms with Gasteiger partial charge < -0.3 is 20.1 Å². The summed E-state index contributed by atoms with van der Waals surface area (Å²) in [5.74, 6) is 1.07. The molecule has 166 valence electrons. The van der Waals surface area contributed by atoms with E-state index in [2.05, 4.69) is 31.9 Å². The Kier molecular flexibility index (Phi) is 5.12. The van der Waals surface area contributed by atoms with E-state index in [0.717, 1.165) is 24.0 Å². The number of aromatic nitrogens is 4. The Morgan fingerprint density at radius 2 is 2.12 bits per heavy atom. The number of nitrogens with zero attached hydrogens (tertiary/aromatic N) is 5. The van der Waals surface area contributed by atoms with Gasteiger partial charge in [0.25, 0.3) is 5.91 Å². The van der Waals surface area contributed by atoms with Gasteiger partial charge in [-0.25, -0.2) is 4.79 Å². The van der Waals surface area contributed by atoms with Gasteiger partial charge in [0.05, 0.1) is 23.8 Å². The van der Waals surface area contributed by atoms with E-state index >= 15 is 0 Å². The highest BCUT2D eigenvalue weighted by Crippen LogP contribution is 2.34. The van der Waals surface area contributed by atoms with E-state index < -0.39 is 0 Å². The smallest absolute Gasteiger partial charge is 0.317 e. The molecule has 3 aromatic rings. The molecule has 32 heavy (non-hydrogen) atoms. The Morgan fingerprint density at radius 3 is 2.88 bits per heavy atom. The van der Waals surface area contributed by atoms with Gasteiger partial charge in [-0.3, -0.25) is 9.48 Å². The Labute approximate surface area is 185 Å². The largest absolute Gasteiger partial charge is 0.345 e. The van der Waals surface area contributed by atoms with E-state index in [-0.39, 0.29) is 24.0 Å². The number of hydrogen-bond acceptors (Lipinski definition) is 6. The fraction of sp³-hybridized carbons (Fsp3) is 0.409. The van der Waals surface area contributed by atoms with Crippen molar-refractivity contribution in [2.24, 2.45) is 0 Å². The van der Waals surface area contributed by atoms with Crippen molar-refractivity contribution in [1.82, 2.24) is 35.5 Å². The van der Waals surface area contributed by atoms with Gasteiger partial charge in [-0.05, 0) is 30.0 Å². The van der Waals surface area contributed by atoms with Crippen molar-refractivity contribution >= 4 is 11.9 Å². The molecule has 1 saturated heterocycles. The second-order valence-electron chi connectivity index (χ2n) is 8.17. The summed E-state index contributed by atoms with van der Waals surface area (Å²) < 4.78 is 6.98. The van der Waals surface area contributed by atoms with E-state index in [1.165, 1.54) is 5.56 Å². The number of rotatable bonds is 5. The maximum atomic E-state index is 12.8. The minimum Gasteiger partial charge on any atom is -0.345 e. The minimum absolute atomic E-state index is 0.0428. The van der Waals surface area contributed by atoms with Crippen LogP contribution < -0.4 is 10.6 Å². The first-order valence-corrected chi connectivity index (χ1v) is 10.8. The lowest BCUT2D eigenvalue weighted by molar-refractivity contribution is 0.0935. The van der Waals surface area contributed by atoms with Crippen LogP contribution in [0.15, 0.2) is 35.1 Å². The van der Waals surface area contributed by atoms with Crippen molar-refractivity contribution in [3.63, 3.8) is 0 Å². The van der Waals surface area contributed by atoms with Gasteiger partial charge in [0.15, 0.2) is 0 Å². The predicted octanol–water partition coefficient (Wildman–Crippen LogP) is 2.11. The summed E-state index contributed by atoms with van der Waals surface area (Å²) in [5, 5.41) is 14.1. The van der Waals surface area contributed by atoms with Crippen LogP contribution in [0.1, 0.15) is 52.8 Å². The second kappa shape index (κ2) is 8.10. The third-order valence-corrected chi connectivity index (χ3v) is 6.16. The van der Waals surface area contributed by atoms with Crippen LogP contribution in [0.3, 0.4) is 0 Å². The number of aryl methyl sites for hydroxylation is 2. The molecule has 3 amide bonds. The summed E-state index contributed by atoms with van der Waals surface area (Å²) in [4.78, 5) is 30.5. The third kappa shape index (κ3) is 3.61. The van der Waals surface area contributed by atoms with Crippen LogP contribution in [-0.4, -0.2) is 56.9 Å². The molecule has 1 fully saturated rings. The summed E-state index contributed by atoms with van der Waals surface area (Å²) >= 11 is 0. The zero-order valence-electron chi connectivity index (χ0n) is 18.0. The minimum atomic E-state index is -0.147. The van der Waals surface area contributed by atoms with Crippen LogP contribution in [0.4, 0.5) is 4.79 Å². The van der Waals surface area contributed by atoms with Gasteiger partial charge in [-0.2, -0.15) is 10.1 Å². The first-order valence-electron chi connectivity index (χ1n) is 10.8. The molecule has 1 aromatic carbocycles. The van der Waals surface area contributed by atoms with E-state index in [1.807, 2.05) is 19.1 Å². The summed E-state index contributed by atoms with van der Waals surface area (Å²) in [7, 11) is 1.61. The summed E-state index contributed by atoms with van der Waals surface area (Å²) in [6.45, 7) is 3.14. The van der Waals surface area contributed by atoms with Crippen LogP contribution in [-0.2, 0) is 12.8 Å². The number of fused-ring (bicyclic) bond motifs is 1. The average molecular weight is 435 g/mol. The number of carbonyl (C=O) groups excluding carboxylic acids is 2. The van der Waals surface area contributed by atoms with E-state index in [1.54, 1.807) is 29.0 Å². The first kappa shape index (κ1) is 20.2. The summed E-state index contributed by atoms with van der Waals surface area (Å²) in [6, 6.07) is 6.05. The molecular weight excluding hydrogens is 410 g/mol.